The molecule has 0 amide bonds. The van der Waals surface area contributed by atoms with Gasteiger partial charge < -0.3 is 14.9 Å². The standard InChI is InChI=1S/C11H15N5O/c1-2-6-16-7-5-14-10(11(16)17)15-8-9-12-3-4-13-9/h3-5,7H,2,6,8H2,1H3,(H,12,13)(H,14,15). The monoisotopic (exact) mass is 233 g/mol. The first kappa shape index (κ1) is 11.4. The molecular weight excluding hydrogens is 218 g/mol. The van der Waals surface area contributed by atoms with Gasteiger partial charge in [0.15, 0.2) is 5.82 Å². The molecule has 0 atom stereocenters. The van der Waals surface area contributed by atoms with Crippen molar-refractivity contribution >= 4 is 5.82 Å². The van der Waals surface area contributed by atoms with E-state index < -0.39 is 0 Å². The average Bonchev–Trinajstić information content (AvgIpc) is 2.83. The first-order chi connectivity index (χ1) is 8.31. The second-order valence-electron chi connectivity index (χ2n) is 3.66. The van der Waals surface area contributed by atoms with E-state index in [-0.39, 0.29) is 5.56 Å². The Bertz CT molecular complexity index is 517. The minimum atomic E-state index is -0.0964. The number of aromatic amines is 1. The lowest BCUT2D eigenvalue weighted by atomic mass is 10.4. The molecule has 0 aliphatic heterocycles. The normalized spacial score (nSPS) is 10.4. The molecule has 0 fully saturated rings. The van der Waals surface area contributed by atoms with Gasteiger partial charge in [-0.05, 0) is 6.42 Å². The van der Waals surface area contributed by atoms with E-state index in [0.717, 1.165) is 12.2 Å². The van der Waals surface area contributed by atoms with Crippen LogP contribution in [0.25, 0.3) is 0 Å². The first-order valence-corrected chi connectivity index (χ1v) is 5.59. The number of nitrogens with one attached hydrogen (secondary N) is 2. The molecule has 0 saturated carbocycles. The Morgan fingerprint density at radius 3 is 3.00 bits per heavy atom. The fraction of sp³-hybridized carbons (Fsp3) is 0.364. The van der Waals surface area contributed by atoms with Crippen LogP contribution in [0.15, 0.2) is 29.6 Å². The number of hydrogen-bond donors (Lipinski definition) is 2. The summed E-state index contributed by atoms with van der Waals surface area (Å²) in [6.45, 7) is 3.20. The lowest BCUT2D eigenvalue weighted by molar-refractivity contribution is 0.649. The Morgan fingerprint density at radius 2 is 2.29 bits per heavy atom. The molecule has 6 heteroatoms. The number of hydrogen-bond acceptors (Lipinski definition) is 4. The highest BCUT2D eigenvalue weighted by molar-refractivity contribution is 5.30. The van der Waals surface area contributed by atoms with Crippen LogP contribution in [0, 0.1) is 0 Å². The van der Waals surface area contributed by atoms with Crippen molar-refractivity contribution in [2.45, 2.75) is 26.4 Å². The van der Waals surface area contributed by atoms with E-state index in [0.29, 0.717) is 18.9 Å². The third-order valence-corrected chi connectivity index (χ3v) is 2.36. The number of aromatic nitrogens is 4. The molecule has 90 valence electrons. The fourth-order valence-electron chi connectivity index (χ4n) is 1.55. The van der Waals surface area contributed by atoms with Gasteiger partial charge in [-0.15, -0.1) is 0 Å². The van der Waals surface area contributed by atoms with E-state index in [9.17, 15) is 4.79 Å². The summed E-state index contributed by atoms with van der Waals surface area (Å²) < 4.78 is 1.65. The summed E-state index contributed by atoms with van der Waals surface area (Å²) in [5.74, 6) is 1.13. The van der Waals surface area contributed by atoms with Crippen molar-refractivity contribution in [3.8, 4) is 0 Å². The Labute approximate surface area is 98.7 Å². The second-order valence-corrected chi connectivity index (χ2v) is 3.66. The van der Waals surface area contributed by atoms with Crippen LogP contribution in [-0.2, 0) is 13.1 Å². The van der Waals surface area contributed by atoms with Gasteiger partial charge in [0.1, 0.15) is 5.82 Å². The van der Waals surface area contributed by atoms with Crippen molar-refractivity contribution in [2.75, 3.05) is 5.32 Å². The van der Waals surface area contributed by atoms with Crippen LogP contribution in [0.1, 0.15) is 19.2 Å². The van der Waals surface area contributed by atoms with Crippen LogP contribution >= 0.6 is 0 Å². The smallest absolute Gasteiger partial charge is 0.293 e. The maximum absolute atomic E-state index is 11.9. The van der Waals surface area contributed by atoms with Crippen molar-refractivity contribution in [3.63, 3.8) is 0 Å². The highest BCUT2D eigenvalue weighted by Crippen LogP contribution is 1.97. The minimum Gasteiger partial charge on any atom is -0.358 e. The van der Waals surface area contributed by atoms with Crippen molar-refractivity contribution < 1.29 is 0 Å². The summed E-state index contributed by atoms with van der Waals surface area (Å²) in [7, 11) is 0. The topological polar surface area (TPSA) is 75.6 Å². The van der Waals surface area contributed by atoms with Gasteiger partial charge >= 0.3 is 0 Å². The van der Waals surface area contributed by atoms with Crippen molar-refractivity contribution in [1.29, 1.82) is 0 Å². The summed E-state index contributed by atoms with van der Waals surface area (Å²) in [6, 6.07) is 0. The zero-order valence-electron chi connectivity index (χ0n) is 9.68. The summed E-state index contributed by atoms with van der Waals surface area (Å²) >= 11 is 0. The lowest BCUT2D eigenvalue weighted by Crippen LogP contribution is -2.24. The maximum atomic E-state index is 11.9. The predicted molar refractivity (Wildman–Crippen MR) is 64.7 cm³/mol. The minimum absolute atomic E-state index is 0.0964. The van der Waals surface area contributed by atoms with Crippen molar-refractivity contribution in [1.82, 2.24) is 19.5 Å². The Balaban J connectivity index is 2.10. The second kappa shape index (κ2) is 5.29. The third-order valence-electron chi connectivity index (χ3n) is 2.36. The number of rotatable bonds is 5. The number of aryl methyl sites for hydroxylation is 1. The summed E-state index contributed by atoms with van der Waals surface area (Å²) in [6.07, 6.45) is 7.66. The number of H-pyrrole nitrogens is 1. The van der Waals surface area contributed by atoms with Crippen LogP contribution in [0.5, 0.6) is 0 Å². The number of imidazole rings is 1. The molecule has 2 aromatic heterocycles. The molecule has 0 saturated heterocycles. The zero-order chi connectivity index (χ0) is 12.1. The molecule has 17 heavy (non-hydrogen) atoms. The van der Waals surface area contributed by atoms with E-state index in [2.05, 4.69) is 20.3 Å². The largest absolute Gasteiger partial charge is 0.358 e. The molecule has 0 unspecified atom stereocenters. The summed E-state index contributed by atoms with van der Waals surface area (Å²) in [4.78, 5) is 23.0. The molecular formula is C11H15N5O. The van der Waals surface area contributed by atoms with E-state index in [1.807, 2.05) is 6.92 Å². The number of nitrogens with zero attached hydrogens (tertiary/aromatic N) is 3. The van der Waals surface area contributed by atoms with Gasteiger partial charge in [-0.3, -0.25) is 4.79 Å². The van der Waals surface area contributed by atoms with Crippen molar-refractivity contribution in [2.24, 2.45) is 0 Å². The fourth-order valence-corrected chi connectivity index (χ4v) is 1.55. The Hall–Kier alpha value is -2.11. The summed E-state index contributed by atoms with van der Waals surface area (Å²) in [5.41, 5.74) is -0.0964. The highest BCUT2D eigenvalue weighted by Gasteiger charge is 2.04. The molecule has 0 bridgehead atoms. The quantitative estimate of drug-likeness (QED) is 0.807. The third kappa shape index (κ3) is 2.72. The molecule has 2 N–H and O–H groups in total. The van der Waals surface area contributed by atoms with Gasteiger partial charge in [0.25, 0.3) is 5.56 Å². The maximum Gasteiger partial charge on any atom is 0.293 e. The van der Waals surface area contributed by atoms with Crippen LogP contribution in [0.4, 0.5) is 5.82 Å². The van der Waals surface area contributed by atoms with Gasteiger partial charge in [0, 0.05) is 31.3 Å². The van der Waals surface area contributed by atoms with Gasteiger partial charge in [0.2, 0.25) is 0 Å². The molecule has 0 spiro atoms. The van der Waals surface area contributed by atoms with Gasteiger partial charge in [-0.2, -0.15) is 0 Å². The van der Waals surface area contributed by atoms with Gasteiger partial charge in [-0.25, -0.2) is 9.97 Å². The zero-order valence-corrected chi connectivity index (χ0v) is 9.68. The molecule has 0 aliphatic rings. The number of anilines is 1. The molecule has 0 radical (unpaired) electrons. The molecule has 0 aliphatic carbocycles. The average molecular weight is 233 g/mol. The molecule has 2 rings (SSSR count). The van der Waals surface area contributed by atoms with Crippen molar-refractivity contribution in [3.05, 3.63) is 41.0 Å². The first-order valence-electron chi connectivity index (χ1n) is 5.59. The van der Waals surface area contributed by atoms with E-state index in [1.54, 1.807) is 29.4 Å². The van der Waals surface area contributed by atoms with Gasteiger partial charge in [0.05, 0.1) is 6.54 Å². The van der Waals surface area contributed by atoms with Gasteiger partial charge in [-0.1, -0.05) is 6.92 Å². The highest BCUT2D eigenvalue weighted by atomic mass is 16.1. The molecule has 2 aromatic rings. The summed E-state index contributed by atoms with van der Waals surface area (Å²) in [5, 5.41) is 2.98. The Morgan fingerprint density at radius 1 is 1.41 bits per heavy atom. The van der Waals surface area contributed by atoms with E-state index in [4.69, 9.17) is 0 Å². The lowest BCUT2D eigenvalue weighted by Gasteiger charge is -2.06. The van der Waals surface area contributed by atoms with E-state index >= 15 is 0 Å². The predicted octanol–water partition coefficient (Wildman–Crippen LogP) is 0.988. The van der Waals surface area contributed by atoms with E-state index in [1.165, 1.54) is 0 Å². The molecule has 0 aromatic carbocycles. The Kier molecular flexibility index (Phi) is 3.54. The van der Waals surface area contributed by atoms with Crippen LogP contribution in [0.2, 0.25) is 0 Å². The van der Waals surface area contributed by atoms with Crippen LogP contribution < -0.4 is 10.9 Å². The van der Waals surface area contributed by atoms with Crippen LogP contribution in [-0.4, -0.2) is 19.5 Å². The molecule has 6 nitrogen and oxygen atoms in total. The van der Waals surface area contributed by atoms with Crippen LogP contribution in [0.3, 0.4) is 0 Å². The molecule has 2 heterocycles. The SMILES string of the molecule is CCCn1ccnc(NCc2ncc[nH]2)c1=O.